The number of halogens is 1. The minimum Gasteiger partial charge on any atom is -0.357 e. The molecule has 1 unspecified atom stereocenters. The van der Waals surface area contributed by atoms with E-state index in [4.69, 9.17) is 11.6 Å². The van der Waals surface area contributed by atoms with Gasteiger partial charge in [0.25, 0.3) is 0 Å². The fourth-order valence-electron chi connectivity index (χ4n) is 1.16. The number of aromatic nitrogens is 2. The average molecular weight is 246 g/mol. The monoisotopic (exact) mass is 245 g/mol. The SMILES string of the molecule is CCC(C)N(C)c1cc(Cl)nc(SC)n1. The fraction of sp³-hybridized carbons (Fsp3) is 0.600. The van der Waals surface area contributed by atoms with Gasteiger partial charge < -0.3 is 4.90 Å². The van der Waals surface area contributed by atoms with Gasteiger partial charge >= 0.3 is 0 Å². The molecule has 0 fully saturated rings. The van der Waals surface area contributed by atoms with Gasteiger partial charge in [-0.05, 0) is 19.6 Å². The second kappa shape index (κ2) is 5.56. The number of nitrogens with zero attached hydrogens (tertiary/aromatic N) is 3. The molecule has 0 aromatic carbocycles. The van der Waals surface area contributed by atoms with Crippen molar-refractivity contribution in [1.82, 2.24) is 9.97 Å². The molecule has 1 heterocycles. The van der Waals surface area contributed by atoms with Gasteiger partial charge in [0.15, 0.2) is 5.16 Å². The Labute approximate surface area is 100 Å². The van der Waals surface area contributed by atoms with Crippen molar-refractivity contribution >= 4 is 29.2 Å². The molecule has 0 saturated carbocycles. The van der Waals surface area contributed by atoms with Crippen molar-refractivity contribution in [3.63, 3.8) is 0 Å². The standard InChI is InChI=1S/C10H16ClN3S/c1-5-7(2)14(3)9-6-8(11)12-10(13-9)15-4/h6-7H,5H2,1-4H3. The van der Waals surface area contributed by atoms with Gasteiger partial charge in [0.2, 0.25) is 0 Å². The van der Waals surface area contributed by atoms with Crippen LogP contribution in [-0.4, -0.2) is 29.3 Å². The maximum atomic E-state index is 5.93. The summed E-state index contributed by atoms with van der Waals surface area (Å²) in [7, 11) is 2.02. The van der Waals surface area contributed by atoms with E-state index in [0.717, 1.165) is 12.2 Å². The molecule has 1 aromatic heterocycles. The van der Waals surface area contributed by atoms with Gasteiger partial charge in [0.1, 0.15) is 11.0 Å². The summed E-state index contributed by atoms with van der Waals surface area (Å²) in [4.78, 5) is 10.6. The van der Waals surface area contributed by atoms with Gasteiger partial charge in [-0.25, -0.2) is 9.97 Å². The van der Waals surface area contributed by atoms with Crippen LogP contribution in [-0.2, 0) is 0 Å². The van der Waals surface area contributed by atoms with Crippen molar-refractivity contribution in [3.8, 4) is 0 Å². The summed E-state index contributed by atoms with van der Waals surface area (Å²) in [5, 5.41) is 1.21. The Bertz CT molecular complexity index is 332. The van der Waals surface area contributed by atoms with E-state index in [9.17, 15) is 0 Å². The molecule has 0 saturated heterocycles. The summed E-state index contributed by atoms with van der Waals surface area (Å²) < 4.78 is 0. The Balaban J connectivity index is 2.97. The van der Waals surface area contributed by atoms with Crippen LogP contribution in [0.4, 0.5) is 5.82 Å². The van der Waals surface area contributed by atoms with Crippen LogP contribution < -0.4 is 4.90 Å². The van der Waals surface area contributed by atoms with Crippen LogP contribution in [0.15, 0.2) is 11.2 Å². The van der Waals surface area contributed by atoms with Crippen LogP contribution in [0.3, 0.4) is 0 Å². The topological polar surface area (TPSA) is 29.0 Å². The number of thioether (sulfide) groups is 1. The molecule has 0 bridgehead atoms. The Kier molecular flexibility index (Phi) is 4.67. The minimum absolute atomic E-state index is 0.450. The van der Waals surface area contributed by atoms with Crippen LogP contribution in [0, 0.1) is 0 Å². The zero-order valence-electron chi connectivity index (χ0n) is 9.49. The van der Waals surface area contributed by atoms with Gasteiger partial charge in [-0.2, -0.15) is 0 Å². The summed E-state index contributed by atoms with van der Waals surface area (Å²) in [6.07, 6.45) is 3.02. The van der Waals surface area contributed by atoms with Gasteiger partial charge in [-0.1, -0.05) is 30.3 Å². The molecule has 84 valence electrons. The van der Waals surface area contributed by atoms with Crippen LogP contribution in [0.5, 0.6) is 0 Å². The summed E-state index contributed by atoms with van der Waals surface area (Å²) in [5.74, 6) is 0.883. The molecule has 0 aliphatic rings. The van der Waals surface area contributed by atoms with Gasteiger partial charge in [0, 0.05) is 19.2 Å². The van der Waals surface area contributed by atoms with E-state index in [-0.39, 0.29) is 0 Å². The predicted molar refractivity (Wildman–Crippen MR) is 67.0 cm³/mol. The molecular weight excluding hydrogens is 230 g/mol. The summed E-state index contributed by atoms with van der Waals surface area (Å²) in [6.45, 7) is 4.31. The normalized spacial score (nSPS) is 12.6. The van der Waals surface area contributed by atoms with Crippen molar-refractivity contribution < 1.29 is 0 Å². The second-order valence-corrected chi connectivity index (χ2v) is 4.56. The Hall–Kier alpha value is -0.480. The number of hydrogen-bond acceptors (Lipinski definition) is 4. The van der Waals surface area contributed by atoms with E-state index in [0.29, 0.717) is 16.4 Å². The first-order valence-corrected chi connectivity index (χ1v) is 6.50. The first kappa shape index (κ1) is 12.6. The maximum absolute atomic E-state index is 5.93. The van der Waals surface area contributed by atoms with E-state index < -0.39 is 0 Å². The molecule has 0 amide bonds. The molecule has 0 aliphatic carbocycles. The second-order valence-electron chi connectivity index (χ2n) is 3.40. The zero-order chi connectivity index (χ0) is 11.4. The van der Waals surface area contributed by atoms with E-state index in [2.05, 4.69) is 28.7 Å². The predicted octanol–water partition coefficient (Wildman–Crippen LogP) is 3.09. The van der Waals surface area contributed by atoms with Crippen molar-refractivity contribution in [2.24, 2.45) is 0 Å². The minimum atomic E-state index is 0.450. The lowest BCUT2D eigenvalue weighted by Crippen LogP contribution is -2.28. The molecule has 5 heteroatoms. The van der Waals surface area contributed by atoms with Crippen LogP contribution in [0.25, 0.3) is 0 Å². The van der Waals surface area contributed by atoms with Crippen LogP contribution in [0.2, 0.25) is 5.15 Å². The Morgan fingerprint density at radius 1 is 1.53 bits per heavy atom. The third-order valence-electron chi connectivity index (χ3n) is 2.46. The summed E-state index contributed by atoms with van der Waals surface area (Å²) in [6, 6.07) is 2.25. The van der Waals surface area contributed by atoms with Gasteiger partial charge in [-0.3, -0.25) is 0 Å². The molecular formula is C10H16ClN3S. The molecule has 0 radical (unpaired) electrons. The van der Waals surface area contributed by atoms with E-state index in [1.165, 1.54) is 11.8 Å². The van der Waals surface area contributed by atoms with Crippen molar-refractivity contribution in [1.29, 1.82) is 0 Å². The zero-order valence-corrected chi connectivity index (χ0v) is 11.1. The van der Waals surface area contributed by atoms with Crippen molar-refractivity contribution in [2.45, 2.75) is 31.5 Å². The smallest absolute Gasteiger partial charge is 0.190 e. The number of hydrogen-bond donors (Lipinski definition) is 0. The highest BCUT2D eigenvalue weighted by Gasteiger charge is 2.11. The first-order chi connectivity index (χ1) is 7.08. The molecule has 1 aromatic rings. The molecule has 0 spiro atoms. The van der Waals surface area contributed by atoms with Crippen molar-refractivity contribution in [3.05, 3.63) is 11.2 Å². The largest absolute Gasteiger partial charge is 0.357 e. The van der Waals surface area contributed by atoms with Crippen molar-refractivity contribution in [2.75, 3.05) is 18.2 Å². The Morgan fingerprint density at radius 3 is 2.73 bits per heavy atom. The summed E-state index contributed by atoms with van der Waals surface area (Å²) >= 11 is 7.43. The van der Waals surface area contributed by atoms with E-state index in [1.54, 1.807) is 6.07 Å². The average Bonchev–Trinajstić information content (AvgIpc) is 2.26. The molecule has 0 N–H and O–H groups in total. The van der Waals surface area contributed by atoms with Crippen LogP contribution >= 0.6 is 23.4 Å². The highest BCUT2D eigenvalue weighted by atomic mass is 35.5. The molecule has 3 nitrogen and oxygen atoms in total. The van der Waals surface area contributed by atoms with E-state index in [1.807, 2.05) is 13.3 Å². The molecule has 1 rings (SSSR count). The summed E-state index contributed by atoms with van der Waals surface area (Å²) in [5.41, 5.74) is 0. The highest BCUT2D eigenvalue weighted by Crippen LogP contribution is 2.21. The third kappa shape index (κ3) is 3.24. The lowest BCUT2D eigenvalue weighted by atomic mass is 10.2. The molecule has 15 heavy (non-hydrogen) atoms. The third-order valence-corrected chi connectivity index (χ3v) is 3.20. The molecule has 1 atom stereocenters. The van der Waals surface area contributed by atoms with Gasteiger partial charge in [0.05, 0.1) is 0 Å². The lowest BCUT2D eigenvalue weighted by Gasteiger charge is -2.25. The van der Waals surface area contributed by atoms with Gasteiger partial charge in [-0.15, -0.1) is 0 Å². The number of rotatable bonds is 4. The first-order valence-electron chi connectivity index (χ1n) is 4.89. The number of anilines is 1. The lowest BCUT2D eigenvalue weighted by molar-refractivity contribution is 0.652. The van der Waals surface area contributed by atoms with Crippen LogP contribution in [0.1, 0.15) is 20.3 Å². The quantitative estimate of drug-likeness (QED) is 0.463. The maximum Gasteiger partial charge on any atom is 0.190 e. The molecule has 0 aliphatic heterocycles. The van der Waals surface area contributed by atoms with E-state index >= 15 is 0 Å². The Morgan fingerprint density at radius 2 is 2.20 bits per heavy atom. The highest BCUT2D eigenvalue weighted by molar-refractivity contribution is 7.98. The fourth-order valence-corrected chi connectivity index (χ4v) is 1.76.